The van der Waals surface area contributed by atoms with E-state index < -0.39 is 13.0 Å². The van der Waals surface area contributed by atoms with Crippen molar-refractivity contribution >= 4 is 5.91 Å². The molecule has 2 aromatic heterocycles. The average molecular weight is 400 g/mol. The summed E-state index contributed by atoms with van der Waals surface area (Å²) in [6, 6.07) is 7.33. The highest BCUT2D eigenvalue weighted by molar-refractivity contribution is 5.98. The number of halogens is 2. The largest absolute Gasteiger partial charge is 0.335 e. The summed E-state index contributed by atoms with van der Waals surface area (Å²) in [7, 11) is 0. The monoisotopic (exact) mass is 400 g/mol. The number of piperidine rings is 1. The van der Waals surface area contributed by atoms with E-state index in [4.69, 9.17) is 0 Å². The van der Waals surface area contributed by atoms with Crippen molar-refractivity contribution in [2.24, 2.45) is 0 Å². The van der Waals surface area contributed by atoms with Crippen molar-refractivity contribution in [2.45, 2.75) is 44.7 Å². The summed E-state index contributed by atoms with van der Waals surface area (Å²) < 4.78 is 26.5. The quantitative estimate of drug-likeness (QED) is 0.660. The molecule has 152 valence electrons. The molecule has 1 aliphatic heterocycles. The van der Waals surface area contributed by atoms with E-state index in [1.54, 1.807) is 30.9 Å². The second-order valence-electron chi connectivity index (χ2n) is 7.30. The highest BCUT2D eigenvalue weighted by Crippen LogP contribution is 2.31. The van der Waals surface area contributed by atoms with E-state index >= 15 is 0 Å². The van der Waals surface area contributed by atoms with Gasteiger partial charge in [0.25, 0.3) is 12.3 Å². The fourth-order valence-corrected chi connectivity index (χ4v) is 3.82. The van der Waals surface area contributed by atoms with Crippen molar-refractivity contribution in [3.8, 4) is 5.69 Å². The maximum Gasteiger partial charge on any atom is 0.257 e. The number of amides is 1. The van der Waals surface area contributed by atoms with Crippen LogP contribution in [0.3, 0.4) is 0 Å². The van der Waals surface area contributed by atoms with Crippen LogP contribution in [0.1, 0.15) is 41.6 Å². The third-order valence-corrected chi connectivity index (χ3v) is 5.36. The van der Waals surface area contributed by atoms with Crippen LogP contribution in [0.4, 0.5) is 8.78 Å². The molecule has 0 aliphatic carbocycles. The number of hydrogen-bond donors (Lipinski definition) is 0. The predicted molar refractivity (Wildman–Crippen MR) is 102 cm³/mol. The zero-order valence-corrected chi connectivity index (χ0v) is 16.0. The van der Waals surface area contributed by atoms with E-state index in [-0.39, 0.29) is 17.9 Å². The van der Waals surface area contributed by atoms with Crippen LogP contribution < -0.4 is 0 Å². The lowest BCUT2D eigenvalue weighted by Gasteiger charge is -2.38. The molecule has 4 rings (SSSR count). The second kappa shape index (κ2) is 8.10. The van der Waals surface area contributed by atoms with Crippen molar-refractivity contribution in [1.29, 1.82) is 0 Å². The van der Waals surface area contributed by atoms with Gasteiger partial charge in [-0.1, -0.05) is 12.1 Å². The fraction of sp³-hybridized carbons (Fsp3) is 0.400. The normalized spacial score (nSPS) is 19.7. The number of para-hydroxylation sites is 1. The number of carbonyl (C=O) groups is 1. The topological polar surface area (TPSA) is 68.8 Å². The van der Waals surface area contributed by atoms with E-state index in [1.807, 2.05) is 30.0 Å². The van der Waals surface area contributed by atoms with Gasteiger partial charge in [0.1, 0.15) is 6.54 Å². The Morgan fingerprint density at radius 2 is 1.93 bits per heavy atom. The summed E-state index contributed by atoms with van der Waals surface area (Å²) in [5, 5.41) is 12.3. The van der Waals surface area contributed by atoms with Crippen molar-refractivity contribution in [3.05, 3.63) is 60.2 Å². The summed E-state index contributed by atoms with van der Waals surface area (Å²) in [5.74, 6) is -0.0216. The molecular formula is C20H22F2N6O. The Bertz CT molecular complexity index is 971. The van der Waals surface area contributed by atoms with Crippen LogP contribution in [-0.4, -0.2) is 54.6 Å². The van der Waals surface area contributed by atoms with Gasteiger partial charge in [-0.2, -0.15) is 20.1 Å². The number of rotatable bonds is 5. The molecule has 3 heterocycles. The van der Waals surface area contributed by atoms with Crippen LogP contribution in [-0.2, 0) is 6.54 Å². The molecule has 1 aromatic carbocycles. The molecule has 0 bridgehead atoms. The molecule has 1 amide bonds. The van der Waals surface area contributed by atoms with Gasteiger partial charge in [0, 0.05) is 24.7 Å². The zero-order valence-electron chi connectivity index (χ0n) is 16.0. The van der Waals surface area contributed by atoms with Gasteiger partial charge in [-0.05, 0) is 37.5 Å². The number of likely N-dealkylation sites (tertiary alicyclic amines) is 1. The Balaban J connectivity index is 1.57. The summed E-state index contributed by atoms with van der Waals surface area (Å²) in [5.41, 5.74) is 2.04. The van der Waals surface area contributed by atoms with E-state index in [9.17, 15) is 13.6 Å². The van der Waals surface area contributed by atoms with Gasteiger partial charge < -0.3 is 4.90 Å². The van der Waals surface area contributed by atoms with Crippen LogP contribution in [0.2, 0.25) is 0 Å². The highest BCUT2D eigenvalue weighted by Gasteiger charge is 2.32. The molecule has 3 aromatic rings. The molecule has 9 heteroatoms. The predicted octanol–water partition coefficient (Wildman–Crippen LogP) is 3.14. The van der Waals surface area contributed by atoms with Gasteiger partial charge in [-0.3, -0.25) is 9.48 Å². The van der Waals surface area contributed by atoms with Crippen LogP contribution in [0.25, 0.3) is 5.69 Å². The van der Waals surface area contributed by atoms with Crippen LogP contribution in [0, 0.1) is 0 Å². The first-order valence-electron chi connectivity index (χ1n) is 9.60. The Kier molecular flexibility index (Phi) is 5.37. The SMILES string of the molecule is C[C@@H]1CC[C@@H](c2cnn(CC(F)F)c2)CN1C(=O)c1ccccc1-n1nccn1. The van der Waals surface area contributed by atoms with Gasteiger partial charge in [-0.15, -0.1) is 0 Å². The zero-order chi connectivity index (χ0) is 20.4. The van der Waals surface area contributed by atoms with Crippen molar-refractivity contribution in [2.75, 3.05) is 6.54 Å². The number of aromatic nitrogens is 5. The molecule has 0 saturated carbocycles. The highest BCUT2D eigenvalue weighted by atomic mass is 19.3. The molecule has 0 spiro atoms. The number of alkyl halides is 2. The number of carbonyl (C=O) groups excluding carboxylic acids is 1. The van der Waals surface area contributed by atoms with Gasteiger partial charge in [0.15, 0.2) is 0 Å². The van der Waals surface area contributed by atoms with Gasteiger partial charge in [0.05, 0.1) is 29.8 Å². The molecule has 0 N–H and O–H groups in total. The molecule has 0 unspecified atom stereocenters. The number of benzene rings is 1. The van der Waals surface area contributed by atoms with E-state index in [1.165, 1.54) is 9.48 Å². The summed E-state index contributed by atoms with van der Waals surface area (Å²) in [4.78, 5) is 16.7. The van der Waals surface area contributed by atoms with Crippen LogP contribution in [0.15, 0.2) is 49.1 Å². The smallest absolute Gasteiger partial charge is 0.257 e. The molecule has 1 saturated heterocycles. The summed E-state index contributed by atoms with van der Waals surface area (Å²) in [6.45, 7) is 2.13. The molecule has 1 fully saturated rings. The average Bonchev–Trinajstić information content (AvgIpc) is 3.40. The second-order valence-corrected chi connectivity index (χ2v) is 7.30. The minimum atomic E-state index is -2.44. The van der Waals surface area contributed by atoms with Gasteiger partial charge in [-0.25, -0.2) is 8.78 Å². The van der Waals surface area contributed by atoms with Gasteiger partial charge >= 0.3 is 0 Å². The summed E-state index contributed by atoms with van der Waals surface area (Å²) >= 11 is 0. The third-order valence-electron chi connectivity index (χ3n) is 5.36. The Labute approximate surface area is 166 Å². The molecular weight excluding hydrogens is 378 g/mol. The number of nitrogens with zero attached hydrogens (tertiary/aromatic N) is 6. The first-order valence-corrected chi connectivity index (χ1v) is 9.60. The van der Waals surface area contributed by atoms with Crippen molar-refractivity contribution in [3.63, 3.8) is 0 Å². The van der Waals surface area contributed by atoms with Crippen molar-refractivity contribution < 1.29 is 13.6 Å². The fourth-order valence-electron chi connectivity index (χ4n) is 3.82. The van der Waals surface area contributed by atoms with E-state index in [0.717, 1.165) is 18.4 Å². The first-order chi connectivity index (χ1) is 14.0. The van der Waals surface area contributed by atoms with Crippen LogP contribution in [0.5, 0.6) is 0 Å². The lowest BCUT2D eigenvalue weighted by molar-refractivity contribution is 0.0609. The molecule has 0 radical (unpaired) electrons. The third kappa shape index (κ3) is 4.03. The minimum Gasteiger partial charge on any atom is -0.335 e. The van der Waals surface area contributed by atoms with Crippen molar-refractivity contribution in [1.82, 2.24) is 29.7 Å². The van der Waals surface area contributed by atoms with Gasteiger partial charge in [0.2, 0.25) is 0 Å². The van der Waals surface area contributed by atoms with E-state index in [2.05, 4.69) is 15.3 Å². The Morgan fingerprint density at radius 1 is 1.17 bits per heavy atom. The van der Waals surface area contributed by atoms with Crippen LogP contribution >= 0.6 is 0 Å². The van der Waals surface area contributed by atoms with E-state index in [0.29, 0.717) is 17.8 Å². The standard InChI is InChI=1S/C20H22F2N6O/c1-14-6-7-15(16-10-25-26(11-16)13-19(21)22)12-27(14)20(29)17-4-2-3-5-18(17)28-23-8-9-24-28/h2-5,8-11,14-15,19H,6-7,12-13H2,1H3/t14-,15-/m1/s1. The molecule has 2 atom stereocenters. The first kappa shape index (κ1) is 19.2. The minimum absolute atomic E-state index is 0.0663. The molecule has 29 heavy (non-hydrogen) atoms. The maximum atomic E-state index is 13.4. The Morgan fingerprint density at radius 3 is 2.69 bits per heavy atom. The Hall–Kier alpha value is -3.10. The molecule has 7 nitrogen and oxygen atoms in total. The summed E-state index contributed by atoms with van der Waals surface area (Å²) in [6.07, 6.45) is 5.70. The lowest BCUT2D eigenvalue weighted by atomic mass is 9.89. The molecule has 1 aliphatic rings. The number of hydrogen-bond acceptors (Lipinski definition) is 4. The maximum absolute atomic E-state index is 13.4. The lowest BCUT2D eigenvalue weighted by Crippen LogP contribution is -2.45.